The molecule has 2 heterocycles. The van der Waals surface area contributed by atoms with Gasteiger partial charge in [0.25, 0.3) is 5.91 Å². The van der Waals surface area contributed by atoms with E-state index in [4.69, 9.17) is 11.6 Å². The van der Waals surface area contributed by atoms with E-state index >= 15 is 0 Å². The molecule has 0 saturated heterocycles. The maximum absolute atomic E-state index is 12.9. The van der Waals surface area contributed by atoms with E-state index in [0.29, 0.717) is 16.1 Å². The minimum atomic E-state index is -0.454. The molecule has 0 bridgehead atoms. The van der Waals surface area contributed by atoms with Gasteiger partial charge in [-0.2, -0.15) is 0 Å². The van der Waals surface area contributed by atoms with E-state index in [1.807, 2.05) is 10.6 Å². The Bertz CT molecular complexity index is 1090. The third kappa shape index (κ3) is 2.68. The molecule has 25 heavy (non-hydrogen) atoms. The molecule has 0 spiro atoms. The fraction of sp³-hybridized carbons (Fsp3) is 0.158. The van der Waals surface area contributed by atoms with Crippen molar-refractivity contribution >= 4 is 50.0 Å². The molecular formula is C19H14BrClN2O2. The fourth-order valence-electron chi connectivity index (χ4n) is 3.37. The zero-order valence-corrected chi connectivity index (χ0v) is 15.7. The lowest BCUT2D eigenvalue weighted by Crippen LogP contribution is -2.24. The number of halogens is 2. The van der Waals surface area contributed by atoms with Crippen molar-refractivity contribution in [3.8, 4) is 0 Å². The lowest BCUT2D eigenvalue weighted by Gasteiger charge is -2.13. The second kappa shape index (κ2) is 6.00. The van der Waals surface area contributed by atoms with E-state index < -0.39 is 5.91 Å². The van der Waals surface area contributed by atoms with Crippen molar-refractivity contribution in [2.24, 2.45) is 0 Å². The number of hydrogen-bond donors (Lipinski definition) is 1. The van der Waals surface area contributed by atoms with Crippen LogP contribution in [0.1, 0.15) is 28.9 Å². The van der Waals surface area contributed by atoms with Crippen molar-refractivity contribution in [3.63, 3.8) is 0 Å². The summed E-state index contributed by atoms with van der Waals surface area (Å²) >= 11 is 9.56. The summed E-state index contributed by atoms with van der Waals surface area (Å²) in [6, 6.07) is 11.0. The Morgan fingerprint density at radius 3 is 2.84 bits per heavy atom. The number of nitrogens with zero attached hydrogens (tertiary/aromatic N) is 1. The van der Waals surface area contributed by atoms with Gasteiger partial charge in [0.1, 0.15) is 5.56 Å². The van der Waals surface area contributed by atoms with E-state index in [1.54, 1.807) is 36.5 Å². The average Bonchev–Trinajstić information content (AvgIpc) is 2.88. The first-order chi connectivity index (χ1) is 12.0. The van der Waals surface area contributed by atoms with Crippen LogP contribution in [0.4, 0.5) is 5.69 Å². The van der Waals surface area contributed by atoms with Crippen molar-refractivity contribution in [1.82, 2.24) is 4.57 Å². The molecular weight excluding hydrogens is 404 g/mol. The summed E-state index contributed by atoms with van der Waals surface area (Å²) in [4.78, 5) is 25.6. The molecule has 1 aliphatic heterocycles. The molecule has 4 nitrogen and oxygen atoms in total. The van der Waals surface area contributed by atoms with Gasteiger partial charge in [-0.25, -0.2) is 0 Å². The highest BCUT2D eigenvalue weighted by Crippen LogP contribution is 2.33. The number of nitrogens with one attached hydrogen (secondary N) is 1. The first-order valence-electron chi connectivity index (χ1n) is 7.89. The standard InChI is InChI=1S/C19H14BrClN2O2/c1-10-6-11-7-12(20)8-13-17(11)23(10)9-14(18(13)24)19(25)22-16-5-3-2-4-15(16)21/h2-5,7-10H,6H2,1H3,(H,22,25). The summed E-state index contributed by atoms with van der Waals surface area (Å²) in [5.41, 5.74) is 2.36. The highest BCUT2D eigenvalue weighted by molar-refractivity contribution is 9.10. The Morgan fingerprint density at radius 1 is 1.32 bits per heavy atom. The Kier molecular flexibility index (Phi) is 3.93. The number of pyridine rings is 1. The van der Waals surface area contributed by atoms with E-state index in [0.717, 1.165) is 22.0 Å². The minimum Gasteiger partial charge on any atom is -0.343 e. The molecule has 4 rings (SSSR count). The smallest absolute Gasteiger partial charge is 0.261 e. The zero-order valence-electron chi connectivity index (χ0n) is 13.3. The van der Waals surface area contributed by atoms with Crippen LogP contribution in [0.2, 0.25) is 5.02 Å². The predicted octanol–water partition coefficient (Wildman–Crippen LogP) is 4.79. The molecule has 0 aliphatic carbocycles. The van der Waals surface area contributed by atoms with E-state index in [9.17, 15) is 9.59 Å². The van der Waals surface area contributed by atoms with E-state index in [2.05, 4.69) is 28.2 Å². The second-order valence-electron chi connectivity index (χ2n) is 6.23. The number of para-hydroxylation sites is 1. The number of anilines is 1. The maximum Gasteiger partial charge on any atom is 0.261 e. The number of carbonyl (C=O) groups excluding carboxylic acids is 1. The molecule has 1 unspecified atom stereocenters. The molecule has 0 radical (unpaired) electrons. The Labute approximate surface area is 157 Å². The summed E-state index contributed by atoms with van der Waals surface area (Å²) in [6.07, 6.45) is 2.50. The molecule has 126 valence electrons. The molecule has 1 atom stereocenters. The molecule has 6 heteroatoms. The van der Waals surface area contributed by atoms with Crippen LogP contribution in [0.15, 0.2) is 51.9 Å². The Hall–Kier alpha value is -2.11. The Morgan fingerprint density at radius 2 is 2.08 bits per heavy atom. The molecule has 2 aromatic carbocycles. The van der Waals surface area contributed by atoms with Crippen LogP contribution in [-0.2, 0) is 6.42 Å². The number of benzene rings is 2. The van der Waals surface area contributed by atoms with Gasteiger partial charge in [0, 0.05) is 22.1 Å². The van der Waals surface area contributed by atoms with Crippen molar-refractivity contribution in [3.05, 3.63) is 73.4 Å². The van der Waals surface area contributed by atoms with Crippen LogP contribution in [0.3, 0.4) is 0 Å². The van der Waals surface area contributed by atoms with Gasteiger partial charge in [-0.3, -0.25) is 9.59 Å². The molecule has 1 aliphatic rings. The van der Waals surface area contributed by atoms with Crippen molar-refractivity contribution < 1.29 is 4.79 Å². The lowest BCUT2D eigenvalue weighted by molar-refractivity contribution is 0.102. The van der Waals surface area contributed by atoms with Crippen molar-refractivity contribution in [2.75, 3.05) is 5.32 Å². The van der Waals surface area contributed by atoms with E-state index in [-0.39, 0.29) is 17.0 Å². The van der Waals surface area contributed by atoms with Gasteiger partial charge in [-0.15, -0.1) is 0 Å². The summed E-state index contributed by atoms with van der Waals surface area (Å²) in [5, 5.41) is 3.72. The van der Waals surface area contributed by atoms with Crippen LogP contribution in [0.5, 0.6) is 0 Å². The minimum absolute atomic E-state index is 0.116. The van der Waals surface area contributed by atoms with Gasteiger partial charge in [-0.05, 0) is 43.2 Å². The molecule has 1 aromatic heterocycles. The van der Waals surface area contributed by atoms with Gasteiger partial charge in [0.15, 0.2) is 0 Å². The third-order valence-corrected chi connectivity index (χ3v) is 5.31. The van der Waals surface area contributed by atoms with Crippen LogP contribution in [0.25, 0.3) is 10.9 Å². The van der Waals surface area contributed by atoms with Crippen molar-refractivity contribution in [1.29, 1.82) is 0 Å². The predicted molar refractivity (Wildman–Crippen MR) is 104 cm³/mol. The summed E-state index contributed by atoms with van der Waals surface area (Å²) in [6.45, 7) is 2.08. The second-order valence-corrected chi connectivity index (χ2v) is 7.55. The number of carbonyl (C=O) groups is 1. The van der Waals surface area contributed by atoms with E-state index in [1.165, 1.54) is 0 Å². The average molecular weight is 418 g/mol. The normalized spacial score (nSPS) is 15.6. The topological polar surface area (TPSA) is 51.1 Å². The fourth-order valence-corrected chi connectivity index (χ4v) is 4.06. The van der Waals surface area contributed by atoms with Crippen LogP contribution < -0.4 is 10.7 Å². The van der Waals surface area contributed by atoms with Gasteiger partial charge >= 0.3 is 0 Å². The number of amides is 1. The first-order valence-corrected chi connectivity index (χ1v) is 9.06. The summed E-state index contributed by atoms with van der Waals surface area (Å²) < 4.78 is 2.86. The highest BCUT2D eigenvalue weighted by Gasteiger charge is 2.25. The molecule has 0 saturated carbocycles. The molecule has 3 aromatic rings. The van der Waals surface area contributed by atoms with Crippen molar-refractivity contribution in [2.45, 2.75) is 19.4 Å². The number of rotatable bonds is 2. The Balaban J connectivity index is 1.87. The van der Waals surface area contributed by atoms with Crippen LogP contribution in [0, 0.1) is 0 Å². The molecule has 1 N–H and O–H groups in total. The van der Waals surface area contributed by atoms with Gasteiger partial charge in [0.2, 0.25) is 5.43 Å². The zero-order chi connectivity index (χ0) is 17.7. The SMILES string of the molecule is CC1Cc2cc(Br)cc3c(=O)c(C(=O)Nc4ccccc4Cl)cn1c23. The number of aromatic nitrogens is 1. The van der Waals surface area contributed by atoms with Crippen LogP contribution in [-0.4, -0.2) is 10.5 Å². The summed E-state index contributed by atoms with van der Waals surface area (Å²) in [5.74, 6) is -0.454. The molecule has 0 fully saturated rings. The largest absolute Gasteiger partial charge is 0.343 e. The first kappa shape index (κ1) is 16.4. The van der Waals surface area contributed by atoms with Gasteiger partial charge < -0.3 is 9.88 Å². The monoisotopic (exact) mass is 416 g/mol. The lowest BCUT2D eigenvalue weighted by atomic mass is 10.1. The highest BCUT2D eigenvalue weighted by atomic mass is 79.9. The number of hydrogen-bond acceptors (Lipinski definition) is 2. The summed E-state index contributed by atoms with van der Waals surface area (Å²) in [7, 11) is 0. The van der Waals surface area contributed by atoms with Crippen LogP contribution >= 0.6 is 27.5 Å². The van der Waals surface area contributed by atoms with Gasteiger partial charge in [-0.1, -0.05) is 39.7 Å². The van der Waals surface area contributed by atoms with Gasteiger partial charge in [0.05, 0.1) is 16.2 Å². The quantitative estimate of drug-likeness (QED) is 0.652. The molecule has 1 amide bonds. The third-order valence-electron chi connectivity index (χ3n) is 4.53. The maximum atomic E-state index is 12.9.